The molecule has 0 saturated heterocycles. The van der Waals surface area contributed by atoms with E-state index in [9.17, 15) is 14.4 Å². The molecular formula is C22H16BrFN6O. The van der Waals surface area contributed by atoms with E-state index in [1.54, 1.807) is 0 Å². The molecule has 1 aromatic carbocycles. The number of hydrogen-bond acceptors (Lipinski definition) is 6. The summed E-state index contributed by atoms with van der Waals surface area (Å²) in [4.78, 5) is 21.4. The summed E-state index contributed by atoms with van der Waals surface area (Å²) < 4.78 is 15.8. The van der Waals surface area contributed by atoms with Gasteiger partial charge >= 0.3 is 0 Å². The highest BCUT2D eigenvalue weighted by atomic mass is 79.9. The molecule has 0 radical (unpaired) electrons. The molecule has 3 aromatic heterocycles. The number of pyridine rings is 2. The average Bonchev–Trinajstić information content (AvgIpc) is 2.76. The van der Waals surface area contributed by atoms with E-state index in [1.807, 2.05) is 43.3 Å². The molecule has 0 spiro atoms. The molecule has 31 heavy (non-hydrogen) atoms. The second-order valence-electron chi connectivity index (χ2n) is 6.84. The molecule has 7 nitrogen and oxygen atoms in total. The first-order chi connectivity index (χ1) is 14.9. The van der Waals surface area contributed by atoms with E-state index in [2.05, 4.69) is 31.2 Å². The van der Waals surface area contributed by atoms with Crippen molar-refractivity contribution in [1.29, 1.82) is 5.26 Å². The highest BCUT2D eigenvalue weighted by molar-refractivity contribution is 9.10. The number of nitrogen functional groups attached to an aromatic ring is 1. The first-order valence-electron chi connectivity index (χ1n) is 9.28. The molecule has 4 aromatic rings. The fourth-order valence-corrected chi connectivity index (χ4v) is 4.36. The lowest BCUT2D eigenvalue weighted by molar-refractivity contribution is 0.618. The Labute approximate surface area is 185 Å². The quantitative estimate of drug-likeness (QED) is 0.452. The Morgan fingerprint density at radius 2 is 1.97 bits per heavy atom. The fourth-order valence-electron chi connectivity index (χ4n) is 3.49. The summed E-state index contributed by atoms with van der Waals surface area (Å²) in [7, 11) is 0. The Balaban J connectivity index is 1.98. The van der Waals surface area contributed by atoms with Crippen LogP contribution in [0.5, 0.6) is 0 Å². The van der Waals surface area contributed by atoms with Gasteiger partial charge in [-0.2, -0.15) is 5.26 Å². The van der Waals surface area contributed by atoms with Crippen LogP contribution in [0, 0.1) is 17.1 Å². The lowest BCUT2D eigenvalue weighted by Gasteiger charge is -2.22. The van der Waals surface area contributed by atoms with E-state index in [-0.39, 0.29) is 22.8 Å². The summed E-state index contributed by atoms with van der Waals surface area (Å²) in [5, 5.41) is 12.6. The number of hydrogen-bond donors (Lipinski definition) is 2. The smallest absolute Gasteiger partial charge is 0.263 e. The molecule has 0 fully saturated rings. The van der Waals surface area contributed by atoms with Gasteiger partial charge in [0.2, 0.25) is 0 Å². The Morgan fingerprint density at radius 1 is 1.23 bits per heavy atom. The van der Waals surface area contributed by atoms with Crippen molar-refractivity contribution in [2.24, 2.45) is 0 Å². The number of nitrogens with two attached hydrogens (primary N) is 1. The number of rotatable bonds is 4. The Morgan fingerprint density at radius 3 is 2.68 bits per heavy atom. The van der Waals surface area contributed by atoms with E-state index >= 15 is 0 Å². The van der Waals surface area contributed by atoms with E-state index in [0.717, 1.165) is 6.20 Å². The van der Waals surface area contributed by atoms with E-state index in [0.29, 0.717) is 26.7 Å². The molecule has 0 aliphatic carbocycles. The van der Waals surface area contributed by atoms with Gasteiger partial charge in [0.25, 0.3) is 5.56 Å². The molecule has 0 amide bonds. The topological polar surface area (TPSA) is 109 Å². The molecule has 4 rings (SSSR count). The first-order valence-corrected chi connectivity index (χ1v) is 10.1. The summed E-state index contributed by atoms with van der Waals surface area (Å²) in [6.07, 6.45) is 2.42. The highest BCUT2D eigenvalue weighted by Gasteiger charge is 2.24. The molecular weight excluding hydrogens is 463 g/mol. The molecule has 1 atom stereocenters. The van der Waals surface area contributed by atoms with Gasteiger partial charge < -0.3 is 11.1 Å². The second kappa shape index (κ2) is 8.16. The average molecular weight is 479 g/mol. The zero-order valence-corrected chi connectivity index (χ0v) is 17.9. The molecule has 0 aliphatic heterocycles. The van der Waals surface area contributed by atoms with E-state index in [4.69, 9.17) is 5.73 Å². The van der Waals surface area contributed by atoms with Gasteiger partial charge in [-0.3, -0.25) is 9.20 Å². The number of nitriles is 1. The van der Waals surface area contributed by atoms with Crippen LogP contribution in [0.2, 0.25) is 0 Å². The van der Waals surface area contributed by atoms with Crippen molar-refractivity contribution in [3.63, 3.8) is 0 Å². The number of fused-ring (bicyclic) bond motifs is 1. The zero-order valence-electron chi connectivity index (χ0n) is 16.3. The van der Waals surface area contributed by atoms with Crippen molar-refractivity contribution in [2.75, 3.05) is 11.1 Å². The maximum Gasteiger partial charge on any atom is 0.263 e. The molecule has 154 valence electrons. The molecule has 0 saturated carbocycles. The van der Waals surface area contributed by atoms with Gasteiger partial charge in [0.05, 0.1) is 17.1 Å². The third kappa shape index (κ3) is 3.62. The van der Waals surface area contributed by atoms with Crippen molar-refractivity contribution in [3.05, 3.63) is 86.8 Å². The molecule has 0 bridgehead atoms. The van der Waals surface area contributed by atoms with E-state index < -0.39 is 11.9 Å². The predicted molar refractivity (Wildman–Crippen MR) is 120 cm³/mol. The summed E-state index contributed by atoms with van der Waals surface area (Å²) >= 11 is 3.61. The molecule has 0 aliphatic rings. The predicted octanol–water partition coefficient (Wildman–Crippen LogP) is 4.29. The number of anilines is 2. The summed E-state index contributed by atoms with van der Waals surface area (Å²) in [6.45, 7) is 1.84. The van der Waals surface area contributed by atoms with Crippen molar-refractivity contribution in [3.8, 4) is 17.2 Å². The molecule has 3 N–H and O–H groups in total. The zero-order chi connectivity index (χ0) is 22.1. The van der Waals surface area contributed by atoms with Crippen molar-refractivity contribution >= 4 is 33.1 Å². The maximum absolute atomic E-state index is 13.9. The van der Waals surface area contributed by atoms with Gasteiger partial charge in [0, 0.05) is 16.2 Å². The molecule has 0 unspecified atom stereocenters. The number of nitrogens with zero attached hydrogens (tertiary/aromatic N) is 4. The number of aromatic nitrogens is 3. The lowest BCUT2D eigenvalue weighted by Crippen LogP contribution is -2.22. The largest absolute Gasteiger partial charge is 0.382 e. The van der Waals surface area contributed by atoms with Crippen LogP contribution < -0.4 is 16.6 Å². The number of nitrogens with one attached hydrogen (secondary N) is 1. The van der Waals surface area contributed by atoms with Crippen LogP contribution in [-0.4, -0.2) is 14.4 Å². The minimum atomic E-state index is -0.519. The minimum absolute atomic E-state index is 0.0589. The fraction of sp³-hybridized carbons (Fsp3) is 0.0909. The molecule has 9 heteroatoms. The first kappa shape index (κ1) is 20.5. The van der Waals surface area contributed by atoms with Crippen molar-refractivity contribution in [2.45, 2.75) is 13.0 Å². The van der Waals surface area contributed by atoms with Crippen LogP contribution in [-0.2, 0) is 0 Å². The van der Waals surface area contributed by atoms with Crippen LogP contribution in [0.25, 0.3) is 16.6 Å². The minimum Gasteiger partial charge on any atom is -0.382 e. The van der Waals surface area contributed by atoms with Crippen LogP contribution >= 0.6 is 15.9 Å². The van der Waals surface area contributed by atoms with Gasteiger partial charge in [0.1, 0.15) is 35.4 Å². The second-order valence-corrected chi connectivity index (χ2v) is 7.63. The Bertz CT molecular complexity index is 1400. The summed E-state index contributed by atoms with van der Waals surface area (Å²) in [5.41, 5.74) is 7.78. The monoisotopic (exact) mass is 478 g/mol. The van der Waals surface area contributed by atoms with Gasteiger partial charge in [0.15, 0.2) is 0 Å². The van der Waals surface area contributed by atoms with Crippen LogP contribution in [0.4, 0.5) is 16.0 Å². The maximum atomic E-state index is 13.9. The van der Waals surface area contributed by atoms with E-state index in [1.165, 1.54) is 22.9 Å². The molecule has 3 heterocycles. The van der Waals surface area contributed by atoms with Crippen molar-refractivity contribution < 1.29 is 4.39 Å². The van der Waals surface area contributed by atoms with Crippen LogP contribution in [0.15, 0.2) is 64.3 Å². The summed E-state index contributed by atoms with van der Waals surface area (Å²) in [5.74, 6) is -0.203. The van der Waals surface area contributed by atoms with Gasteiger partial charge in [-0.25, -0.2) is 14.4 Å². The Kier molecular flexibility index (Phi) is 5.40. The number of benzene rings is 1. The highest BCUT2D eigenvalue weighted by Crippen LogP contribution is 2.36. The van der Waals surface area contributed by atoms with Crippen molar-refractivity contribution in [1.82, 2.24) is 14.4 Å². The van der Waals surface area contributed by atoms with Gasteiger partial charge in [-0.15, -0.1) is 0 Å². The lowest BCUT2D eigenvalue weighted by atomic mass is 9.96. The van der Waals surface area contributed by atoms with Crippen LogP contribution in [0.1, 0.15) is 24.1 Å². The summed E-state index contributed by atoms with van der Waals surface area (Å²) in [6, 6.07) is 13.5. The van der Waals surface area contributed by atoms with Gasteiger partial charge in [-0.1, -0.05) is 30.3 Å². The SMILES string of the molecule is C[C@H](Nc1ncnc(N)c1C#N)c1c(-c2ccccc2)c(=O)n2cc(F)ccc2c1Br. The third-order valence-electron chi connectivity index (χ3n) is 4.91. The Hall–Kier alpha value is -3.77. The van der Waals surface area contributed by atoms with Gasteiger partial charge in [-0.05, 0) is 40.5 Å². The standard InChI is InChI=1S/C22H16BrFN6O/c1-12(29-21-15(9-25)20(26)27-11-28-21)17-18(13-5-3-2-4-6-13)22(31)30-10-14(24)7-8-16(30)19(17)23/h2-8,10-12H,1H3,(H3,26,27,28,29)/t12-/m0/s1. The third-order valence-corrected chi connectivity index (χ3v) is 5.75. The normalized spacial score (nSPS) is 11.8. The van der Waals surface area contributed by atoms with Crippen LogP contribution in [0.3, 0.4) is 0 Å². The number of halogens is 2.